The summed E-state index contributed by atoms with van der Waals surface area (Å²) in [7, 11) is 0. The molecular formula is C62H84Mo6N6O19-36. The van der Waals surface area contributed by atoms with Gasteiger partial charge in [-0.15, -0.1) is 0 Å². The van der Waals surface area contributed by atoms with Crippen LogP contribution < -0.4 is 19.6 Å². The fraction of sp³-hybridized carbons (Fsp3) is 0.387. The minimum Gasteiger partial charge on any atom is -2.00 e. The van der Waals surface area contributed by atoms with Crippen molar-refractivity contribution in [1.29, 1.82) is 0 Å². The number of hydrogen-bond acceptors (Lipinski definition) is 4. The molecule has 25 nitrogen and oxygen atoms in total. The quantitative estimate of drug-likeness (QED) is 0.0615. The van der Waals surface area contributed by atoms with Gasteiger partial charge in [-0.1, -0.05) is 48.5 Å². The van der Waals surface area contributed by atoms with Crippen LogP contribution >= 0.6 is 0 Å². The van der Waals surface area contributed by atoms with E-state index < -0.39 is 0 Å². The molecule has 0 atom stereocenters. The van der Waals surface area contributed by atoms with Gasteiger partial charge in [-0.25, -0.2) is 9.15 Å². The fourth-order valence-electron chi connectivity index (χ4n) is 9.57. The van der Waals surface area contributed by atoms with E-state index in [1.807, 2.05) is 0 Å². The molecule has 0 saturated carbocycles. The van der Waals surface area contributed by atoms with Crippen LogP contribution in [0.5, 0.6) is 0 Å². The molecule has 0 spiro atoms. The summed E-state index contributed by atoms with van der Waals surface area (Å²) in [6.45, 7) is 38.8. The third-order valence-electron chi connectivity index (χ3n) is 13.7. The second-order valence-corrected chi connectivity index (χ2v) is 17.1. The van der Waals surface area contributed by atoms with Crippen molar-refractivity contribution in [3.05, 3.63) is 179 Å². The average molecular weight is 1790 g/mol. The van der Waals surface area contributed by atoms with Gasteiger partial charge in [0.15, 0.2) is 11.4 Å². The molecule has 93 heavy (non-hydrogen) atoms. The number of nitrogens with zero attached hydrogens (tertiary/aromatic N) is 6. The van der Waals surface area contributed by atoms with Gasteiger partial charge >= 0.3 is 0 Å². The summed E-state index contributed by atoms with van der Waals surface area (Å²) >= 11 is 0. The van der Waals surface area contributed by atoms with E-state index in [2.05, 4.69) is 258 Å². The summed E-state index contributed by atoms with van der Waals surface area (Å²) in [6.07, 6.45) is 18.2. The summed E-state index contributed by atoms with van der Waals surface area (Å²) in [5.41, 5.74) is 17.8. The third kappa shape index (κ3) is 40.7. The Labute approximate surface area is 639 Å². The van der Waals surface area contributed by atoms with Gasteiger partial charge in [0.1, 0.15) is 26.2 Å². The average Bonchev–Trinajstić information content (AvgIpc) is 3.39. The first-order valence-electron chi connectivity index (χ1n) is 26.0. The summed E-state index contributed by atoms with van der Waals surface area (Å²) in [5, 5.41) is 0. The second-order valence-electron chi connectivity index (χ2n) is 17.1. The molecule has 0 unspecified atom stereocenters. The van der Waals surface area contributed by atoms with Crippen molar-refractivity contribution >= 4 is 45.3 Å². The maximum absolute atomic E-state index is 2.39. The summed E-state index contributed by atoms with van der Waals surface area (Å²) < 4.78 is 4.78. The predicted octanol–water partition coefficient (Wildman–Crippen LogP) is 11.3. The Kier molecular flexibility index (Phi) is 129. The molecule has 0 heterocycles. The van der Waals surface area contributed by atoms with Gasteiger partial charge in [-0.05, 0) is 200 Å². The SMILES string of the molecule is CCN(CC)c1ccc(C(=C2C=CC(=[N+](CC)CC)C=C2)c2ccc(N(CC)CC)cc2)cc1.CCN(CC)c1ccc(C(=C2C=CC(=[N+](CC)CC)C=C2)c2ccc(N(CC)CC)cc2)cc1.[Mo].[Mo].[Mo].[Mo].[Mo].[Mo].[O-2].[O-2].[O-2].[O-2].[O-2].[O-2].[O-2].[O-2].[O-2].[O-2].[O-2].[O-2].[O-2].[O-2].[O-2].[O-2].[O-2].[O-2].[O-2]. The Morgan fingerprint density at radius 3 is 0.484 bits per heavy atom. The van der Waals surface area contributed by atoms with E-state index in [1.165, 1.54) is 78.7 Å². The van der Waals surface area contributed by atoms with Gasteiger partial charge in [0.25, 0.3) is 0 Å². The van der Waals surface area contributed by atoms with Crippen LogP contribution in [0.2, 0.25) is 0 Å². The largest absolute Gasteiger partial charge is 2.00 e. The maximum atomic E-state index is 2.39. The van der Waals surface area contributed by atoms with E-state index >= 15 is 0 Å². The van der Waals surface area contributed by atoms with Crippen molar-refractivity contribution in [2.24, 2.45) is 0 Å². The summed E-state index contributed by atoms with van der Waals surface area (Å²) in [5.74, 6) is 0. The van der Waals surface area contributed by atoms with Crippen LogP contribution in [0, 0.1) is 0 Å². The monoisotopic (exact) mass is 1800 g/mol. The molecule has 4 aromatic rings. The molecular weight excluding hydrogens is 1710 g/mol. The Hall–Kier alpha value is -2.77. The standard InChI is InChI=1S/2C31H42N3.6Mo.19O/c2*1-7-32(8-2)28-19-13-25(14-20-28)31(26-15-21-29(22-16-26)33(9-3)10-4)27-17-23-30(24-18-27)34(11-5)12-6;;;;;;;;;;;;;;;;;;;;;;;;;/h2*13-24H,7-12H2,1-6H3;;;;;;;;;;;;;;;;;;;;;;;;;/q2*+1;;;;;;;19*-2. The molecule has 548 valence electrons. The van der Waals surface area contributed by atoms with Gasteiger partial charge in [-0.2, -0.15) is 0 Å². The number of benzene rings is 4. The van der Waals surface area contributed by atoms with Crippen molar-refractivity contribution < 1.29 is 240 Å². The van der Waals surface area contributed by atoms with Crippen molar-refractivity contribution in [1.82, 2.24) is 0 Å². The zero-order valence-electron chi connectivity index (χ0n) is 54.2. The van der Waals surface area contributed by atoms with Crippen molar-refractivity contribution in [3.8, 4) is 0 Å². The second kappa shape index (κ2) is 79.9. The van der Waals surface area contributed by atoms with Crippen molar-refractivity contribution in [2.75, 3.05) is 98.1 Å². The topological polar surface area (TPSA) is 560 Å². The van der Waals surface area contributed by atoms with Gasteiger partial charge in [0, 0.05) is 226 Å². The van der Waals surface area contributed by atoms with Crippen LogP contribution in [0.15, 0.2) is 157 Å². The van der Waals surface area contributed by atoms with Crippen molar-refractivity contribution in [3.63, 3.8) is 0 Å². The van der Waals surface area contributed by atoms with E-state index in [-0.39, 0.29) is 230 Å². The minimum atomic E-state index is 0. The molecule has 0 saturated heterocycles. The number of allylic oxidation sites excluding steroid dienone is 10. The first-order chi connectivity index (χ1) is 33.2. The predicted molar refractivity (Wildman–Crippen MR) is 314 cm³/mol. The smallest absolute Gasteiger partial charge is 0.199 e. The molecule has 0 fully saturated rings. The van der Waals surface area contributed by atoms with E-state index in [1.54, 1.807) is 0 Å². The van der Waals surface area contributed by atoms with E-state index in [0.717, 1.165) is 78.5 Å². The normalized spacial score (nSPS) is 9.33. The molecule has 31 heteroatoms. The van der Waals surface area contributed by atoms with E-state index in [9.17, 15) is 0 Å². The molecule has 0 amide bonds. The molecule has 6 rings (SSSR count). The number of anilines is 4. The van der Waals surface area contributed by atoms with Crippen LogP contribution in [0.3, 0.4) is 0 Å². The Bertz CT molecular complexity index is 2200. The summed E-state index contributed by atoms with van der Waals surface area (Å²) in [4.78, 5) is 9.56. The molecule has 0 aromatic heterocycles. The van der Waals surface area contributed by atoms with E-state index in [0.29, 0.717) is 0 Å². The molecule has 4 aromatic carbocycles. The minimum absolute atomic E-state index is 0. The van der Waals surface area contributed by atoms with Crippen LogP contribution in [0.1, 0.15) is 105 Å². The Balaban J connectivity index is -0.0000000462. The van der Waals surface area contributed by atoms with Gasteiger partial charge in [-0.3, -0.25) is 0 Å². The van der Waals surface area contributed by atoms with Crippen molar-refractivity contribution in [2.45, 2.75) is 83.1 Å². The van der Waals surface area contributed by atoms with Crippen LogP contribution in [-0.4, -0.2) is 99.1 Å². The number of rotatable bonds is 20. The molecule has 2 aliphatic rings. The van der Waals surface area contributed by atoms with Gasteiger partial charge in [0.05, 0.1) is 0 Å². The molecule has 2 aliphatic carbocycles. The molecule has 0 radical (unpaired) electrons. The molecule has 0 N–H and O–H groups in total. The zero-order chi connectivity index (χ0) is 49.0. The van der Waals surface area contributed by atoms with Gasteiger partial charge < -0.3 is 124 Å². The van der Waals surface area contributed by atoms with Gasteiger partial charge in [0.2, 0.25) is 0 Å². The zero-order valence-corrected chi connectivity index (χ0v) is 66.3. The summed E-state index contributed by atoms with van der Waals surface area (Å²) in [6, 6.07) is 36.3. The molecule has 0 aliphatic heterocycles. The maximum Gasteiger partial charge on any atom is 0.199 e. The van der Waals surface area contributed by atoms with Crippen LogP contribution in [0.25, 0.3) is 11.1 Å². The third-order valence-corrected chi connectivity index (χ3v) is 13.7. The first kappa shape index (κ1) is 150. The Morgan fingerprint density at radius 1 is 0.226 bits per heavy atom. The number of hydrogen-bond donors (Lipinski definition) is 0. The Morgan fingerprint density at radius 2 is 0.366 bits per heavy atom. The van der Waals surface area contributed by atoms with Crippen LogP contribution in [0.4, 0.5) is 22.7 Å². The fourth-order valence-corrected chi connectivity index (χ4v) is 9.57. The molecule has 0 bridgehead atoms. The van der Waals surface area contributed by atoms with Crippen LogP contribution in [-0.2, 0) is 230 Å². The first-order valence-corrected chi connectivity index (χ1v) is 26.0. The van der Waals surface area contributed by atoms with E-state index in [4.69, 9.17) is 0 Å².